The number of benzene rings is 1. The van der Waals surface area contributed by atoms with Crippen LogP contribution in [0.4, 0.5) is 11.4 Å². The van der Waals surface area contributed by atoms with Crippen LogP contribution in [-0.2, 0) is 11.3 Å². The lowest BCUT2D eigenvalue weighted by Gasteiger charge is -2.03. The van der Waals surface area contributed by atoms with Gasteiger partial charge in [0.25, 0.3) is 11.6 Å². The third-order valence-corrected chi connectivity index (χ3v) is 3.85. The summed E-state index contributed by atoms with van der Waals surface area (Å²) in [5.41, 5.74) is 0.293. The number of anilines is 1. The van der Waals surface area contributed by atoms with E-state index in [0.717, 1.165) is 4.68 Å². The first-order valence-electron chi connectivity index (χ1n) is 6.69. The van der Waals surface area contributed by atoms with Crippen molar-refractivity contribution in [1.82, 2.24) is 9.78 Å². The Morgan fingerprint density at radius 2 is 2.08 bits per heavy atom. The maximum absolute atomic E-state index is 12.0. The highest BCUT2D eigenvalue weighted by atomic mass is 32.1. The summed E-state index contributed by atoms with van der Waals surface area (Å²) in [7, 11) is 0. The molecule has 0 radical (unpaired) electrons. The van der Waals surface area contributed by atoms with Crippen LogP contribution in [0, 0.1) is 10.1 Å². The van der Waals surface area contributed by atoms with Gasteiger partial charge >= 0.3 is 5.76 Å². The molecule has 0 spiro atoms. The number of nitro groups is 1. The van der Waals surface area contributed by atoms with Gasteiger partial charge in [-0.05, 0) is 23.6 Å². The first kappa shape index (κ1) is 15.6. The summed E-state index contributed by atoms with van der Waals surface area (Å²) in [4.78, 5) is 34.4. The summed E-state index contributed by atoms with van der Waals surface area (Å²) in [5, 5.41) is 18.9. The number of hydrogen-bond acceptors (Lipinski definition) is 7. The van der Waals surface area contributed by atoms with Gasteiger partial charge in [0, 0.05) is 17.8 Å². The molecule has 0 aliphatic carbocycles. The van der Waals surface area contributed by atoms with Crippen LogP contribution < -0.4 is 11.1 Å². The zero-order chi connectivity index (χ0) is 17.1. The number of thiophene rings is 1. The topological polar surface area (TPSA) is 120 Å². The molecule has 24 heavy (non-hydrogen) atoms. The molecular formula is C14H10N4O5S. The van der Waals surface area contributed by atoms with Gasteiger partial charge in [0.2, 0.25) is 5.91 Å². The van der Waals surface area contributed by atoms with E-state index in [1.54, 1.807) is 12.1 Å². The van der Waals surface area contributed by atoms with Crippen molar-refractivity contribution >= 4 is 28.6 Å². The summed E-state index contributed by atoms with van der Waals surface area (Å²) in [6.07, 6.45) is 0. The maximum Gasteiger partial charge on any atom is 0.437 e. The number of nitro benzene ring substituents is 1. The van der Waals surface area contributed by atoms with Crippen LogP contribution in [0.15, 0.2) is 51.0 Å². The van der Waals surface area contributed by atoms with Crippen molar-refractivity contribution in [1.29, 1.82) is 0 Å². The third-order valence-electron chi connectivity index (χ3n) is 2.99. The fraction of sp³-hybridized carbons (Fsp3) is 0.0714. The minimum atomic E-state index is -0.739. The molecule has 0 saturated carbocycles. The van der Waals surface area contributed by atoms with Crippen molar-refractivity contribution in [3.8, 4) is 10.8 Å². The number of carbonyl (C=O) groups excluding carboxylic acids is 1. The van der Waals surface area contributed by atoms with Gasteiger partial charge in [0.1, 0.15) is 6.54 Å². The van der Waals surface area contributed by atoms with E-state index in [2.05, 4.69) is 10.4 Å². The van der Waals surface area contributed by atoms with Crippen LogP contribution in [0.1, 0.15) is 0 Å². The van der Waals surface area contributed by atoms with Crippen LogP contribution in [0.25, 0.3) is 10.8 Å². The fourth-order valence-corrected chi connectivity index (χ4v) is 2.55. The Bertz CT molecular complexity index is 927. The van der Waals surface area contributed by atoms with Gasteiger partial charge in [-0.25, -0.2) is 4.79 Å². The van der Waals surface area contributed by atoms with Crippen molar-refractivity contribution in [2.45, 2.75) is 6.54 Å². The van der Waals surface area contributed by atoms with Crippen LogP contribution in [-0.4, -0.2) is 20.6 Å². The quantitative estimate of drug-likeness (QED) is 0.558. The predicted octanol–water partition coefficient (Wildman–Crippen LogP) is 2.11. The molecule has 0 atom stereocenters. The van der Waals surface area contributed by atoms with E-state index in [-0.39, 0.29) is 18.1 Å². The van der Waals surface area contributed by atoms with Gasteiger partial charge < -0.3 is 9.73 Å². The number of aromatic nitrogens is 2. The molecule has 0 saturated heterocycles. The average molecular weight is 346 g/mol. The van der Waals surface area contributed by atoms with E-state index in [9.17, 15) is 19.7 Å². The molecule has 2 aromatic heterocycles. The second kappa shape index (κ2) is 6.46. The fourth-order valence-electron chi connectivity index (χ4n) is 1.91. The Labute approximate surface area is 138 Å². The van der Waals surface area contributed by atoms with Crippen LogP contribution in [0.5, 0.6) is 0 Å². The third kappa shape index (κ3) is 3.38. The van der Waals surface area contributed by atoms with Crippen molar-refractivity contribution in [3.05, 3.63) is 62.4 Å². The van der Waals surface area contributed by atoms with Crippen molar-refractivity contribution in [3.63, 3.8) is 0 Å². The van der Waals surface area contributed by atoms with E-state index in [1.807, 2.05) is 5.38 Å². The molecule has 122 valence electrons. The molecule has 10 heteroatoms. The van der Waals surface area contributed by atoms with E-state index >= 15 is 0 Å². The van der Waals surface area contributed by atoms with Crippen molar-refractivity contribution < 1.29 is 14.1 Å². The number of nitrogens with one attached hydrogen (secondary N) is 1. The van der Waals surface area contributed by atoms with Crippen LogP contribution in [0.2, 0.25) is 0 Å². The molecule has 3 rings (SSSR count). The number of non-ortho nitro benzene ring substituents is 1. The van der Waals surface area contributed by atoms with Crippen molar-refractivity contribution in [2.75, 3.05) is 5.32 Å². The highest BCUT2D eigenvalue weighted by Gasteiger charge is 2.14. The average Bonchev–Trinajstić information content (AvgIpc) is 3.18. The summed E-state index contributed by atoms with van der Waals surface area (Å²) in [5.74, 6) is -1.09. The van der Waals surface area contributed by atoms with Crippen LogP contribution in [0.3, 0.4) is 0 Å². The number of hydrogen-bond donors (Lipinski definition) is 1. The molecule has 1 aromatic carbocycles. The lowest BCUT2D eigenvalue weighted by molar-refractivity contribution is -0.384. The number of rotatable bonds is 5. The standard InChI is InChI=1S/C14H10N4O5S/c19-12(15-9-3-5-10(6-4-9)18(21)22)8-17-14(20)23-13(16-17)11-2-1-7-24-11/h1-7H,8H2,(H,15,19). The minimum Gasteiger partial charge on any atom is -0.387 e. The Hall–Kier alpha value is -3.27. The Morgan fingerprint density at radius 1 is 1.33 bits per heavy atom. The summed E-state index contributed by atoms with van der Waals surface area (Å²) >= 11 is 1.36. The van der Waals surface area contributed by atoms with Gasteiger partial charge in [-0.15, -0.1) is 16.4 Å². The number of carbonyl (C=O) groups is 1. The molecule has 0 aliphatic rings. The highest BCUT2D eigenvalue weighted by molar-refractivity contribution is 7.13. The first-order chi connectivity index (χ1) is 11.5. The molecule has 1 amide bonds. The molecule has 9 nitrogen and oxygen atoms in total. The van der Waals surface area contributed by atoms with E-state index in [4.69, 9.17) is 4.42 Å². The minimum absolute atomic E-state index is 0.0821. The number of amides is 1. The van der Waals surface area contributed by atoms with Gasteiger partial charge in [-0.3, -0.25) is 14.9 Å². The second-order valence-electron chi connectivity index (χ2n) is 4.66. The first-order valence-corrected chi connectivity index (χ1v) is 7.57. The smallest absolute Gasteiger partial charge is 0.387 e. The Morgan fingerprint density at radius 3 is 2.71 bits per heavy atom. The monoisotopic (exact) mass is 346 g/mol. The molecule has 0 fully saturated rings. The van der Waals surface area contributed by atoms with Gasteiger partial charge in [-0.1, -0.05) is 6.07 Å². The van der Waals surface area contributed by atoms with Crippen molar-refractivity contribution in [2.24, 2.45) is 0 Å². The molecule has 3 aromatic rings. The van der Waals surface area contributed by atoms with Gasteiger partial charge in [-0.2, -0.15) is 4.68 Å². The van der Waals surface area contributed by atoms with E-state index in [0.29, 0.717) is 10.6 Å². The second-order valence-corrected chi connectivity index (χ2v) is 5.61. The lowest BCUT2D eigenvalue weighted by Crippen LogP contribution is -2.25. The normalized spacial score (nSPS) is 10.5. The van der Waals surface area contributed by atoms with E-state index in [1.165, 1.54) is 35.6 Å². The molecule has 2 heterocycles. The largest absolute Gasteiger partial charge is 0.437 e. The number of nitrogens with zero attached hydrogens (tertiary/aromatic N) is 3. The zero-order valence-corrected chi connectivity index (χ0v) is 12.9. The summed E-state index contributed by atoms with van der Waals surface area (Å²) in [6, 6.07) is 8.88. The summed E-state index contributed by atoms with van der Waals surface area (Å²) in [6.45, 7) is -0.329. The highest BCUT2D eigenvalue weighted by Crippen LogP contribution is 2.21. The molecule has 0 bridgehead atoms. The molecule has 1 N–H and O–H groups in total. The van der Waals surface area contributed by atoms with Crippen LogP contribution >= 0.6 is 11.3 Å². The maximum atomic E-state index is 12.0. The zero-order valence-electron chi connectivity index (χ0n) is 12.0. The molecular weight excluding hydrogens is 336 g/mol. The molecule has 0 aliphatic heterocycles. The van der Waals surface area contributed by atoms with Gasteiger partial charge in [0.15, 0.2) is 0 Å². The van der Waals surface area contributed by atoms with Gasteiger partial charge in [0.05, 0.1) is 9.80 Å². The lowest BCUT2D eigenvalue weighted by atomic mass is 10.3. The Balaban J connectivity index is 1.69. The Kier molecular flexibility index (Phi) is 4.20. The molecule has 0 unspecified atom stereocenters. The van der Waals surface area contributed by atoms with E-state index < -0.39 is 16.6 Å². The SMILES string of the molecule is O=C(Cn1nc(-c2cccs2)oc1=O)Nc1ccc([N+](=O)[O-])cc1. The predicted molar refractivity (Wildman–Crippen MR) is 85.8 cm³/mol. The summed E-state index contributed by atoms with van der Waals surface area (Å²) < 4.78 is 5.92.